The fourth-order valence-electron chi connectivity index (χ4n) is 4.19. The molecule has 1 fully saturated rings. The Labute approximate surface area is 225 Å². The van der Waals surface area contributed by atoms with Gasteiger partial charge in [-0.3, -0.25) is 19.3 Å². The van der Waals surface area contributed by atoms with E-state index in [4.69, 9.17) is 10.1 Å². The normalized spacial score (nSPS) is 16.8. The fraction of sp³-hybridized carbons (Fsp3) is 0.179. The molecule has 1 atom stereocenters. The Morgan fingerprint density at radius 1 is 1.03 bits per heavy atom. The number of rotatable bonds is 7. The summed E-state index contributed by atoms with van der Waals surface area (Å²) in [6.07, 6.45) is -0.349. The number of aliphatic carboxylic acids is 1. The molecule has 1 aromatic heterocycles. The van der Waals surface area contributed by atoms with Crippen LogP contribution in [-0.2, 0) is 28.0 Å². The molecule has 194 valence electrons. The monoisotopic (exact) mass is 546 g/mol. The lowest BCUT2D eigenvalue weighted by molar-refractivity contribution is -0.138. The zero-order valence-corrected chi connectivity index (χ0v) is 22.3. The summed E-state index contributed by atoms with van der Waals surface area (Å²) in [6, 6.07) is 25.1. The minimum absolute atomic E-state index is 0.0199. The lowest BCUT2D eigenvalue weighted by Crippen LogP contribution is -2.29. The highest BCUT2D eigenvalue weighted by atomic mass is 32.2. The number of anilines is 1. The second-order valence-corrected chi connectivity index (χ2v) is 11.9. The maximum absolute atomic E-state index is 13.4. The molecule has 5 rings (SSSR count). The number of fused-ring (bicyclic) bond motifs is 1. The third kappa shape index (κ3) is 5.61. The number of hydrogen-bond donors (Lipinski definition) is 2. The van der Waals surface area contributed by atoms with E-state index in [2.05, 4.69) is 22.0 Å². The van der Waals surface area contributed by atoms with Gasteiger partial charge in [0.05, 0.1) is 34.6 Å². The highest BCUT2D eigenvalue weighted by Crippen LogP contribution is 2.37. The van der Waals surface area contributed by atoms with Gasteiger partial charge in [-0.1, -0.05) is 59.0 Å². The molecular weight excluding hydrogens is 520 g/mol. The van der Waals surface area contributed by atoms with Crippen LogP contribution in [0.3, 0.4) is 0 Å². The largest absolute Gasteiger partial charge is 0.481 e. The third-order valence-corrected chi connectivity index (χ3v) is 9.88. The van der Waals surface area contributed by atoms with Crippen molar-refractivity contribution in [1.82, 2.24) is 9.47 Å². The highest BCUT2D eigenvalue weighted by molar-refractivity contribution is 8.24. The lowest BCUT2D eigenvalue weighted by atomic mass is 10.2. The number of nitrogens with one attached hydrogen (secondary N) is 1. The van der Waals surface area contributed by atoms with E-state index in [0.29, 0.717) is 28.8 Å². The first-order valence-electron chi connectivity index (χ1n) is 12.0. The molecule has 2 heterocycles. The number of carboxylic acids is 1. The molecule has 1 aliphatic rings. The summed E-state index contributed by atoms with van der Waals surface area (Å²) in [5, 5.41) is 12.3. The molecule has 0 radical (unpaired) electrons. The molecule has 1 saturated heterocycles. The number of benzene rings is 3. The lowest BCUT2D eigenvalue weighted by Gasteiger charge is -2.17. The van der Waals surface area contributed by atoms with Crippen LogP contribution >= 0.6 is 21.8 Å². The number of aromatic nitrogens is 1. The smallest absolute Gasteiger partial charge is 0.303 e. The molecule has 1 aliphatic heterocycles. The van der Waals surface area contributed by atoms with Crippen molar-refractivity contribution in [2.75, 3.05) is 11.1 Å². The zero-order valence-electron chi connectivity index (χ0n) is 20.7. The van der Waals surface area contributed by atoms with Gasteiger partial charge in [0.15, 0.2) is 5.17 Å². The van der Waals surface area contributed by atoms with E-state index < -0.39 is 16.5 Å². The summed E-state index contributed by atoms with van der Waals surface area (Å²) in [5.74, 6) is -1.04. The number of aliphatic imine (C=N–C) groups is 1. The minimum Gasteiger partial charge on any atom is -0.481 e. The van der Waals surface area contributed by atoms with E-state index in [1.807, 2.05) is 55.6 Å². The molecule has 4 aromatic rings. The number of nitrogens with zero attached hydrogens (tertiary/aromatic N) is 3. The van der Waals surface area contributed by atoms with Gasteiger partial charge in [-0.25, -0.2) is 4.99 Å². The Morgan fingerprint density at radius 2 is 1.79 bits per heavy atom. The predicted octanol–water partition coefficient (Wildman–Crippen LogP) is 5.57. The van der Waals surface area contributed by atoms with E-state index >= 15 is 0 Å². The van der Waals surface area contributed by atoms with Crippen molar-refractivity contribution in [2.24, 2.45) is 12.0 Å². The van der Waals surface area contributed by atoms with E-state index in [9.17, 15) is 14.4 Å². The summed E-state index contributed by atoms with van der Waals surface area (Å²) < 4.78 is 4.38. The Hall–Kier alpha value is -4.02. The average Bonchev–Trinajstić information content (AvgIpc) is 3.40. The Kier molecular flexibility index (Phi) is 7.52. The quantitative estimate of drug-likeness (QED) is 0.296. The number of amides is 2. The number of aryl methyl sites for hydroxylation is 1. The Morgan fingerprint density at radius 3 is 2.55 bits per heavy atom. The van der Waals surface area contributed by atoms with Gasteiger partial charge in [0.2, 0.25) is 11.8 Å². The molecule has 0 spiro atoms. The summed E-state index contributed by atoms with van der Waals surface area (Å²) in [6.45, 7) is 0.419. The Bertz CT molecular complexity index is 1640. The molecule has 1 unspecified atom stereocenters. The second kappa shape index (κ2) is 11.2. The molecule has 10 heteroatoms. The topological polar surface area (TPSA) is 104 Å². The van der Waals surface area contributed by atoms with Crippen LogP contribution in [0.4, 0.5) is 11.4 Å². The summed E-state index contributed by atoms with van der Waals surface area (Å²) in [5.41, 5.74) is 3.25. The summed E-state index contributed by atoms with van der Waals surface area (Å²) in [4.78, 5) is 43.1. The molecular formula is C28H26N4O4S2. The van der Waals surface area contributed by atoms with E-state index in [-0.39, 0.29) is 24.7 Å². The molecule has 2 N–H and O–H groups in total. The van der Waals surface area contributed by atoms with Crippen molar-refractivity contribution < 1.29 is 19.5 Å². The number of carboxylic acid groups (broad SMARTS) is 1. The number of amidine groups is 1. The zero-order chi connectivity index (χ0) is 26.6. The number of thiazole rings is 1. The van der Waals surface area contributed by atoms with Crippen LogP contribution in [0.5, 0.6) is 0 Å². The van der Waals surface area contributed by atoms with Gasteiger partial charge >= 0.3 is 5.97 Å². The summed E-state index contributed by atoms with van der Waals surface area (Å²) >= 11 is 1.68. The molecule has 8 nitrogen and oxygen atoms in total. The van der Waals surface area contributed by atoms with E-state index in [1.54, 1.807) is 34.4 Å². The van der Waals surface area contributed by atoms with Crippen LogP contribution in [0, 0.1) is 3.95 Å². The van der Waals surface area contributed by atoms with Gasteiger partial charge in [-0.15, -0.1) is 11.3 Å². The first-order chi connectivity index (χ1) is 18.4. The van der Waals surface area contributed by atoms with Crippen molar-refractivity contribution in [2.45, 2.75) is 19.4 Å². The second-order valence-electron chi connectivity index (χ2n) is 8.78. The van der Waals surface area contributed by atoms with Gasteiger partial charge in [-0.05, 0) is 35.9 Å². The molecule has 0 saturated carbocycles. The maximum Gasteiger partial charge on any atom is 0.303 e. The van der Waals surface area contributed by atoms with Crippen molar-refractivity contribution in [3.8, 4) is 0 Å². The van der Waals surface area contributed by atoms with Gasteiger partial charge < -0.3 is 15.0 Å². The number of hydrogen-bond acceptors (Lipinski definition) is 5. The molecule has 0 aliphatic carbocycles. The van der Waals surface area contributed by atoms with Crippen LogP contribution in [-0.4, -0.2) is 43.3 Å². The average molecular weight is 547 g/mol. The molecule has 2 amide bonds. The van der Waals surface area contributed by atoms with Crippen molar-refractivity contribution in [1.29, 1.82) is 0 Å². The molecule has 38 heavy (non-hydrogen) atoms. The van der Waals surface area contributed by atoms with Crippen LogP contribution in [0.1, 0.15) is 18.4 Å². The minimum atomic E-state index is -1.02. The third-order valence-electron chi connectivity index (χ3n) is 6.03. The Balaban J connectivity index is 1.58. The number of para-hydroxylation sites is 1. The SMILES string of the molecule is Cn1c(=S2CC(=O)N(Cc3ccccc3)C2=Nc2cccc(NC(=O)CCC(=O)O)c2)sc2ccccc21. The van der Waals surface area contributed by atoms with E-state index in [1.165, 1.54) is 0 Å². The van der Waals surface area contributed by atoms with Gasteiger partial charge in [0.25, 0.3) is 0 Å². The first-order valence-corrected chi connectivity index (χ1v) is 14.2. The molecule has 3 aromatic carbocycles. The maximum atomic E-state index is 13.4. The predicted molar refractivity (Wildman–Crippen MR) is 153 cm³/mol. The van der Waals surface area contributed by atoms with Gasteiger partial charge in [0, 0.05) is 19.2 Å². The standard InChI is InChI=1S/C28H26N4O4S2/c1-31-22-12-5-6-13-23(22)37-28(31)38-18-25(34)32(17-19-8-3-2-4-9-19)27(38)30-21-11-7-10-20(16-21)29-24(33)14-15-26(35)36/h2-13,16H,14-15,17-18H2,1H3,(H,29,33)(H,35,36). The first kappa shape index (κ1) is 25.6. The number of carbonyl (C=O) groups excluding carboxylic acids is 2. The van der Waals surface area contributed by atoms with Crippen molar-refractivity contribution in [3.63, 3.8) is 0 Å². The van der Waals surface area contributed by atoms with E-state index in [0.717, 1.165) is 19.7 Å². The van der Waals surface area contributed by atoms with Crippen LogP contribution in [0.25, 0.3) is 10.2 Å². The van der Waals surface area contributed by atoms with Crippen LogP contribution in [0.2, 0.25) is 0 Å². The van der Waals surface area contributed by atoms with Gasteiger partial charge in [-0.2, -0.15) is 0 Å². The fourth-order valence-corrected chi connectivity index (χ4v) is 8.03. The van der Waals surface area contributed by atoms with Crippen LogP contribution < -0.4 is 5.32 Å². The highest BCUT2D eigenvalue weighted by Gasteiger charge is 2.33. The van der Waals surface area contributed by atoms with Crippen LogP contribution in [0.15, 0.2) is 83.9 Å². The van der Waals surface area contributed by atoms with Gasteiger partial charge in [0.1, 0.15) is 3.95 Å². The van der Waals surface area contributed by atoms with Crippen molar-refractivity contribution >= 4 is 66.4 Å². The summed E-state index contributed by atoms with van der Waals surface area (Å²) in [7, 11) is 1.45. The molecule has 0 bridgehead atoms. The van der Waals surface area contributed by atoms with Crippen molar-refractivity contribution in [3.05, 3.63) is 88.4 Å². The number of carbonyl (C=O) groups is 3.